The van der Waals surface area contributed by atoms with Crippen molar-refractivity contribution < 1.29 is 28.6 Å². The second kappa shape index (κ2) is 12.4. The van der Waals surface area contributed by atoms with Crippen molar-refractivity contribution in [3.8, 4) is 11.5 Å². The lowest BCUT2D eigenvalue weighted by molar-refractivity contribution is -0.129. The molecule has 2 aliphatic heterocycles. The molecule has 0 N–H and O–H groups in total. The van der Waals surface area contributed by atoms with Gasteiger partial charge in [0.05, 0.1) is 13.7 Å². The number of imide groups is 1. The van der Waals surface area contributed by atoms with E-state index in [4.69, 9.17) is 14.2 Å². The summed E-state index contributed by atoms with van der Waals surface area (Å²) in [6.07, 6.45) is -0.0193. The number of ether oxygens (including phenoxy) is 3. The molecule has 0 bridgehead atoms. The molecule has 210 valence electrons. The number of urea groups is 1. The Morgan fingerprint density at radius 1 is 0.923 bits per heavy atom. The molecule has 10 heteroatoms. The fraction of sp³-hybridized carbons (Fsp3) is 0.483. The quantitative estimate of drug-likeness (QED) is 0.502. The van der Waals surface area contributed by atoms with Crippen LogP contribution in [0, 0.1) is 0 Å². The van der Waals surface area contributed by atoms with E-state index < -0.39 is 5.60 Å². The van der Waals surface area contributed by atoms with E-state index in [-0.39, 0.29) is 31.0 Å². The van der Waals surface area contributed by atoms with E-state index in [0.29, 0.717) is 37.7 Å². The molecule has 0 radical (unpaired) electrons. The number of carbonyl (C=O) groups is 3. The molecular weight excluding hydrogens is 500 g/mol. The van der Waals surface area contributed by atoms with E-state index in [2.05, 4.69) is 4.90 Å². The molecule has 2 aromatic carbocycles. The molecule has 2 fully saturated rings. The number of carbonyl (C=O) groups excluding carboxylic acids is 3. The van der Waals surface area contributed by atoms with Crippen molar-refractivity contribution in [2.24, 2.45) is 0 Å². The molecular formula is C29H38N4O6. The number of piperazine rings is 1. The average molecular weight is 539 g/mol. The lowest BCUT2D eigenvalue weighted by Crippen LogP contribution is -2.52. The summed E-state index contributed by atoms with van der Waals surface area (Å²) in [5.74, 6) is 1.19. The first kappa shape index (κ1) is 28.2. The summed E-state index contributed by atoms with van der Waals surface area (Å²) in [7, 11) is 1.59. The molecule has 2 aromatic rings. The first-order valence-electron chi connectivity index (χ1n) is 13.3. The van der Waals surface area contributed by atoms with E-state index in [1.807, 2.05) is 69.3 Å². The Labute approximate surface area is 230 Å². The summed E-state index contributed by atoms with van der Waals surface area (Å²) < 4.78 is 16.7. The van der Waals surface area contributed by atoms with Crippen molar-refractivity contribution in [2.45, 2.75) is 39.3 Å². The topological polar surface area (TPSA) is 91.9 Å². The Morgan fingerprint density at radius 2 is 1.64 bits per heavy atom. The molecule has 0 aromatic heterocycles. The molecule has 4 amide bonds. The second-order valence-electron chi connectivity index (χ2n) is 10.7. The lowest BCUT2D eigenvalue weighted by Gasteiger charge is -2.35. The van der Waals surface area contributed by atoms with Crippen molar-refractivity contribution in [2.75, 3.05) is 57.9 Å². The highest BCUT2D eigenvalue weighted by atomic mass is 16.6. The van der Waals surface area contributed by atoms with E-state index in [9.17, 15) is 14.4 Å². The zero-order valence-corrected chi connectivity index (χ0v) is 23.2. The first-order chi connectivity index (χ1) is 18.6. The number of nitrogens with zero attached hydrogens (tertiary/aromatic N) is 4. The van der Waals surface area contributed by atoms with Crippen molar-refractivity contribution in [3.05, 3.63) is 54.1 Å². The first-order valence-corrected chi connectivity index (χ1v) is 13.3. The molecule has 10 nitrogen and oxygen atoms in total. The van der Waals surface area contributed by atoms with Gasteiger partial charge in [-0.1, -0.05) is 18.2 Å². The fourth-order valence-corrected chi connectivity index (χ4v) is 4.51. The van der Waals surface area contributed by atoms with E-state index in [1.165, 1.54) is 4.90 Å². The molecule has 4 rings (SSSR count). The maximum atomic E-state index is 13.3. The van der Waals surface area contributed by atoms with Crippen LogP contribution in [0.2, 0.25) is 0 Å². The number of hydrogen-bond donors (Lipinski definition) is 0. The summed E-state index contributed by atoms with van der Waals surface area (Å²) in [6.45, 7) is 10.1. The molecule has 2 aliphatic rings. The summed E-state index contributed by atoms with van der Waals surface area (Å²) in [5, 5.41) is 0. The van der Waals surface area contributed by atoms with Gasteiger partial charge in [-0.05, 0) is 50.6 Å². The number of anilines is 1. The molecule has 2 saturated heterocycles. The van der Waals surface area contributed by atoms with Crippen molar-refractivity contribution >= 4 is 23.7 Å². The van der Waals surface area contributed by atoms with Gasteiger partial charge in [-0.15, -0.1) is 0 Å². The molecule has 2 heterocycles. The van der Waals surface area contributed by atoms with Gasteiger partial charge >= 0.3 is 12.1 Å². The van der Waals surface area contributed by atoms with E-state index in [1.54, 1.807) is 16.9 Å². The van der Waals surface area contributed by atoms with Crippen molar-refractivity contribution in [1.82, 2.24) is 14.7 Å². The smallest absolute Gasteiger partial charge is 0.410 e. The third-order valence-electron chi connectivity index (χ3n) is 6.64. The maximum absolute atomic E-state index is 13.3. The highest BCUT2D eigenvalue weighted by molar-refractivity contribution is 6.05. The highest BCUT2D eigenvalue weighted by Crippen LogP contribution is 2.26. The van der Waals surface area contributed by atoms with E-state index >= 15 is 0 Å². The number of methoxy groups -OCH3 is 1. The molecule has 0 aliphatic carbocycles. The monoisotopic (exact) mass is 538 g/mol. The van der Waals surface area contributed by atoms with Gasteiger partial charge in [0.1, 0.15) is 23.7 Å². The normalized spacial score (nSPS) is 16.9. The molecule has 0 unspecified atom stereocenters. The van der Waals surface area contributed by atoms with Crippen molar-refractivity contribution in [1.29, 1.82) is 0 Å². The molecule has 0 spiro atoms. The number of hydrogen-bond acceptors (Lipinski definition) is 7. The lowest BCUT2D eigenvalue weighted by atomic mass is 10.1. The number of rotatable bonds is 8. The minimum Gasteiger partial charge on any atom is -0.497 e. The van der Waals surface area contributed by atoms with Crippen LogP contribution in [0.5, 0.6) is 11.5 Å². The van der Waals surface area contributed by atoms with Gasteiger partial charge in [0.2, 0.25) is 5.91 Å². The predicted octanol–water partition coefficient (Wildman–Crippen LogP) is 3.99. The Kier molecular flexibility index (Phi) is 8.96. The minimum atomic E-state index is -0.500. The largest absolute Gasteiger partial charge is 0.497 e. The Bertz CT molecular complexity index is 1160. The summed E-state index contributed by atoms with van der Waals surface area (Å²) >= 11 is 0. The zero-order chi connectivity index (χ0) is 28.0. The third kappa shape index (κ3) is 7.63. The van der Waals surface area contributed by atoms with Crippen molar-refractivity contribution in [3.63, 3.8) is 0 Å². The van der Waals surface area contributed by atoms with Gasteiger partial charge in [0.15, 0.2) is 0 Å². The average Bonchev–Trinajstić information content (AvgIpc) is 2.91. The fourth-order valence-electron chi connectivity index (χ4n) is 4.51. The van der Waals surface area contributed by atoms with Crippen LogP contribution < -0.4 is 14.4 Å². The van der Waals surface area contributed by atoms with Crippen LogP contribution in [0.15, 0.2) is 48.5 Å². The Balaban J connectivity index is 1.28. The van der Waals surface area contributed by atoms with Crippen LogP contribution in [-0.4, -0.2) is 91.3 Å². The predicted molar refractivity (Wildman–Crippen MR) is 147 cm³/mol. The summed E-state index contributed by atoms with van der Waals surface area (Å²) in [5.41, 5.74) is 1.04. The summed E-state index contributed by atoms with van der Waals surface area (Å²) in [4.78, 5) is 45.0. The van der Waals surface area contributed by atoms with Crippen LogP contribution in [0.3, 0.4) is 0 Å². The minimum absolute atomic E-state index is 0.189. The van der Waals surface area contributed by atoms with Gasteiger partial charge in [0, 0.05) is 57.4 Å². The third-order valence-corrected chi connectivity index (χ3v) is 6.64. The zero-order valence-electron chi connectivity index (χ0n) is 23.2. The van der Waals surface area contributed by atoms with Gasteiger partial charge in [-0.2, -0.15) is 0 Å². The van der Waals surface area contributed by atoms with Gasteiger partial charge in [-0.3, -0.25) is 19.5 Å². The standard InChI is InChI=1S/C29H38N4O6/c1-29(2,3)39-28(36)31-16-14-30(15-17-31)18-19-38-25-7-5-6-23(20-25)32-13-12-26(34)33(27(32)35)21-22-8-10-24(37-4)11-9-22/h5-11,20H,12-19,21H2,1-4H3. The summed E-state index contributed by atoms with van der Waals surface area (Å²) in [6, 6.07) is 14.4. The van der Waals surface area contributed by atoms with Crippen LogP contribution in [0.25, 0.3) is 0 Å². The van der Waals surface area contributed by atoms with Gasteiger partial charge in [0.25, 0.3) is 0 Å². The van der Waals surface area contributed by atoms with Crippen LogP contribution in [0.1, 0.15) is 32.8 Å². The van der Waals surface area contributed by atoms with Crippen LogP contribution in [0.4, 0.5) is 15.3 Å². The molecule has 39 heavy (non-hydrogen) atoms. The maximum Gasteiger partial charge on any atom is 0.410 e. The Morgan fingerprint density at radius 3 is 2.31 bits per heavy atom. The molecule has 0 saturated carbocycles. The van der Waals surface area contributed by atoms with E-state index in [0.717, 1.165) is 30.9 Å². The highest BCUT2D eigenvalue weighted by Gasteiger charge is 2.33. The van der Waals surface area contributed by atoms with Crippen LogP contribution >= 0.6 is 0 Å². The second-order valence-corrected chi connectivity index (χ2v) is 10.7. The Hall–Kier alpha value is -3.79. The van der Waals surface area contributed by atoms with Gasteiger partial charge < -0.3 is 19.1 Å². The van der Waals surface area contributed by atoms with Gasteiger partial charge in [-0.25, -0.2) is 9.59 Å². The molecule has 0 atom stereocenters. The number of amides is 4. The SMILES string of the molecule is COc1ccc(CN2C(=O)CCN(c3cccc(OCCN4CCN(C(=O)OC(C)(C)C)CC4)c3)C2=O)cc1. The van der Waals surface area contributed by atoms with Crippen LogP contribution in [-0.2, 0) is 16.1 Å². The number of benzene rings is 2.